The molecule has 0 aromatic carbocycles. The molecular weight excluding hydrogens is 204 g/mol. The number of carbonyl (C=O) groups is 2. The fourth-order valence-electron chi connectivity index (χ4n) is 1.26. The molecule has 1 fully saturated rings. The van der Waals surface area contributed by atoms with Crippen molar-refractivity contribution < 1.29 is 28.5 Å². The standard InChI is InChI=1S/C9H14O6/c1-5(10)13-8-6(7(11)12-4)14-9(2,3)15-8/h6,8H,1-4H3. The molecule has 0 aromatic heterocycles. The molecule has 6 nitrogen and oxygen atoms in total. The van der Waals surface area contributed by atoms with Gasteiger partial charge in [-0.1, -0.05) is 0 Å². The zero-order valence-corrected chi connectivity index (χ0v) is 9.10. The van der Waals surface area contributed by atoms with Crippen LogP contribution in [0.15, 0.2) is 0 Å². The second kappa shape index (κ2) is 4.16. The molecule has 1 saturated heterocycles. The highest BCUT2D eigenvalue weighted by atomic mass is 16.8. The number of esters is 2. The van der Waals surface area contributed by atoms with E-state index >= 15 is 0 Å². The Bertz CT molecular complexity index is 272. The van der Waals surface area contributed by atoms with E-state index in [4.69, 9.17) is 14.2 Å². The molecular formula is C9H14O6. The van der Waals surface area contributed by atoms with Crippen LogP contribution in [0.2, 0.25) is 0 Å². The van der Waals surface area contributed by atoms with Crippen LogP contribution in [0.5, 0.6) is 0 Å². The monoisotopic (exact) mass is 218 g/mol. The van der Waals surface area contributed by atoms with Gasteiger partial charge >= 0.3 is 11.9 Å². The van der Waals surface area contributed by atoms with Gasteiger partial charge in [0.05, 0.1) is 7.11 Å². The molecule has 0 radical (unpaired) electrons. The molecule has 2 unspecified atom stereocenters. The summed E-state index contributed by atoms with van der Waals surface area (Å²) in [5.74, 6) is -2.15. The molecule has 6 heteroatoms. The van der Waals surface area contributed by atoms with Gasteiger partial charge in [0.25, 0.3) is 0 Å². The summed E-state index contributed by atoms with van der Waals surface area (Å²) in [6.45, 7) is 4.46. The molecule has 0 saturated carbocycles. The van der Waals surface area contributed by atoms with Gasteiger partial charge in [-0.2, -0.15) is 0 Å². The summed E-state index contributed by atoms with van der Waals surface area (Å²) in [7, 11) is 1.22. The molecule has 0 aliphatic carbocycles. The van der Waals surface area contributed by atoms with Crippen LogP contribution in [-0.4, -0.2) is 37.2 Å². The van der Waals surface area contributed by atoms with E-state index in [-0.39, 0.29) is 0 Å². The quantitative estimate of drug-likeness (QED) is 0.616. The molecule has 1 aliphatic heterocycles. The first kappa shape index (κ1) is 11.9. The smallest absolute Gasteiger partial charge is 0.341 e. The molecule has 0 amide bonds. The first-order valence-corrected chi connectivity index (χ1v) is 4.46. The minimum absolute atomic E-state index is 0.546. The molecule has 1 heterocycles. The van der Waals surface area contributed by atoms with E-state index in [1.165, 1.54) is 14.0 Å². The summed E-state index contributed by atoms with van der Waals surface area (Å²) in [5, 5.41) is 0. The van der Waals surface area contributed by atoms with Crippen molar-refractivity contribution in [1.29, 1.82) is 0 Å². The predicted molar refractivity (Wildman–Crippen MR) is 47.6 cm³/mol. The molecule has 0 N–H and O–H groups in total. The second-order valence-corrected chi connectivity index (χ2v) is 3.56. The SMILES string of the molecule is COC(=O)C1OC(C)(C)OC1OC(C)=O. The van der Waals surface area contributed by atoms with Crippen molar-refractivity contribution in [2.45, 2.75) is 39.0 Å². The van der Waals surface area contributed by atoms with Gasteiger partial charge in [0.15, 0.2) is 5.79 Å². The topological polar surface area (TPSA) is 71.1 Å². The Morgan fingerprint density at radius 1 is 1.27 bits per heavy atom. The molecule has 15 heavy (non-hydrogen) atoms. The van der Waals surface area contributed by atoms with Crippen molar-refractivity contribution in [2.24, 2.45) is 0 Å². The number of rotatable bonds is 2. The third-order valence-electron chi connectivity index (χ3n) is 1.77. The Morgan fingerprint density at radius 2 is 1.87 bits per heavy atom. The fourth-order valence-corrected chi connectivity index (χ4v) is 1.26. The van der Waals surface area contributed by atoms with Gasteiger partial charge in [0, 0.05) is 6.92 Å². The van der Waals surface area contributed by atoms with Crippen molar-refractivity contribution in [3.63, 3.8) is 0 Å². The van der Waals surface area contributed by atoms with E-state index in [1.807, 2.05) is 0 Å². The van der Waals surface area contributed by atoms with Gasteiger partial charge in [0.1, 0.15) is 0 Å². The Labute approximate surface area is 87.4 Å². The molecule has 0 aromatic rings. The zero-order chi connectivity index (χ0) is 11.6. The number of carbonyl (C=O) groups excluding carboxylic acids is 2. The number of ether oxygens (including phenoxy) is 4. The average molecular weight is 218 g/mol. The van der Waals surface area contributed by atoms with Gasteiger partial charge in [-0.05, 0) is 13.8 Å². The van der Waals surface area contributed by atoms with E-state index in [1.54, 1.807) is 13.8 Å². The summed E-state index contributed by atoms with van der Waals surface area (Å²) in [4.78, 5) is 22.0. The maximum atomic E-state index is 11.3. The van der Waals surface area contributed by atoms with E-state index < -0.39 is 30.1 Å². The maximum Gasteiger partial charge on any atom is 0.341 e. The van der Waals surface area contributed by atoms with Crippen LogP contribution in [0.25, 0.3) is 0 Å². The average Bonchev–Trinajstić information content (AvgIpc) is 2.38. The molecule has 1 aliphatic rings. The van der Waals surface area contributed by atoms with Crippen molar-refractivity contribution >= 4 is 11.9 Å². The molecule has 0 bridgehead atoms. The molecule has 0 spiro atoms. The van der Waals surface area contributed by atoms with Crippen LogP contribution in [0.4, 0.5) is 0 Å². The highest BCUT2D eigenvalue weighted by molar-refractivity contribution is 5.76. The number of hydrogen-bond donors (Lipinski definition) is 0. The molecule has 2 atom stereocenters. The second-order valence-electron chi connectivity index (χ2n) is 3.56. The summed E-state index contributed by atoms with van der Waals surface area (Å²) in [6, 6.07) is 0. The Hall–Kier alpha value is -1.14. The van der Waals surface area contributed by atoms with Crippen LogP contribution in [-0.2, 0) is 28.5 Å². The van der Waals surface area contributed by atoms with Gasteiger partial charge in [0.2, 0.25) is 12.4 Å². The first-order valence-electron chi connectivity index (χ1n) is 4.46. The predicted octanol–water partition coefficient (Wildman–Crippen LogP) is 0.200. The van der Waals surface area contributed by atoms with E-state index in [9.17, 15) is 9.59 Å². The van der Waals surface area contributed by atoms with Crippen LogP contribution < -0.4 is 0 Å². The lowest BCUT2D eigenvalue weighted by Gasteiger charge is -2.15. The molecule has 86 valence electrons. The van der Waals surface area contributed by atoms with E-state index in [0.717, 1.165) is 0 Å². The minimum Gasteiger partial charge on any atom is -0.467 e. The van der Waals surface area contributed by atoms with Crippen LogP contribution in [0, 0.1) is 0 Å². The van der Waals surface area contributed by atoms with Gasteiger partial charge in [-0.15, -0.1) is 0 Å². The maximum absolute atomic E-state index is 11.3. The zero-order valence-electron chi connectivity index (χ0n) is 9.10. The van der Waals surface area contributed by atoms with Crippen molar-refractivity contribution in [1.82, 2.24) is 0 Å². The lowest BCUT2D eigenvalue weighted by atomic mass is 10.3. The first-order chi connectivity index (χ1) is 6.85. The third kappa shape index (κ3) is 2.90. The van der Waals surface area contributed by atoms with Gasteiger partial charge < -0.3 is 18.9 Å². The summed E-state index contributed by atoms with van der Waals surface area (Å²) in [5.41, 5.74) is 0. The highest BCUT2D eigenvalue weighted by Crippen LogP contribution is 2.29. The Balaban J connectivity index is 2.74. The summed E-state index contributed by atoms with van der Waals surface area (Å²) in [6.07, 6.45) is -2.08. The lowest BCUT2D eigenvalue weighted by molar-refractivity contribution is -0.196. The number of methoxy groups -OCH3 is 1. The number of hydrogen-bond acceptors (Lipinski definition) is 6. The van der Waals surface area contributed by atoms with E-state index in [0.29, 0.717) is 0 Å². The lowest BCUT2D eigenvalue weighted by Crippen LogP contribution is -2.35. The fraction of sp³-hybridized carbons (Fsp3) is 0.778. The highest BCUT2D eigenvalue weighted by Gasteiger charge is 2.48. The largest absolute Gasteiger partial charge is 0.467 e. The summed E-state index contributed by atoms with van der Waals surface area (Å²) < 4.78 is 19.8. The Morgan fingerprint density at radius 3 is 2.33 bits per heavy atom. The van der Waals surface area contributed by atoms with Gasteiger partial charge in [-0.3, -0.25) is 4.79 Å². The summed E-state index contributed by atoms with van der Waals surface area (Å²) >= 11 is 0. The normalized spacial score (nSPS) is 28.5. The van der Waals surface area contributed by atoms with Crippen LogP contribution in [0.3, 0.4) is 0 Å². The third-order valence-corrected chi connectivity index (χ3v) is 1.77. The molecule has 1 rings (SSSR count). The Kier molecular flexibility index (Phi) is 3.31. The van der Waals surface area contributed by atoms with Crippen molar-refractivity contribution in [3.05, 3.63) is 0 Å². The van der Waals surface area contributed by atoms with Gasteiger partial charge in [-0.25, -0.2) is 4.79 Å². The van der Waals surface area contributed by atoms with Crippen LogP contribution in [0.1, 0.15) is 20.8 Å². The van der Waals surface area contributed by atoms with Crippen molar-refractivity contribution in [3.8, 4) is 0 Å². The van der Waals surface area contributed by atoms with E-state index in [2.05, 4.69) is 4.74 Å². The van der Waals surface area contributed by atoms with Crippen molar-refractivity contribution in [2.75, 3.05) is 7.11 Å². The van der Waals surface area contributed by atoms with Crippen LogP contribution >= 0.6 is 0 Å². The minimum atomic E-state index is -1.05.